The molecule has 1 saturated carbocycles. The Kier molecular flexibility index (Phi) is 3.28. The van der Waals surface area contributed by atoms with Crippen LogP contribution in [0.25, 0.3) is 5.65 Å². The van der Waals surface area contributed by atoms with Gasteiger partial charge in [0.15, 0.2) is 5.65 Å². The highest BCUT2D eigenvalue weighted by Crippen LogP contribution is 2.50. The standard InChI is InChI=1S/C17H16ClN3O2/c18-13-5-2-1-4-12(13)17(6-3-7-17)14-9-15-19-11(10-22)8-16(23)21(15)20-14/h1-2,4-5,8-9,20,22H,3,6-7,10H2. The van der Waals surface area contributed by atoms with Crippen molar-refractivity contribution in [2.45, 2.75) is 31.3 Å². The van der Waals surface area contributed by atoms with Crippen LogP contribution in [0.3, 0.4) is 0 Å². The lowest BCUT2D eigenvalue weighted by molar-refractivity contribution is 0.276. The topological polar surface area (TPSA) is 70.4 Å². The minimum absolute atomic E-state index is 0.197. The molecule has 5 nitrogen and oxygen atoms in total. The Morgan fingerprint density at radius 2 is 2.09 bits per heavy atom. The van der Waals surface area contributed by atoms with Crippen LogP contribution in [-0.2, 0) is 12.0 Å². The fraction of sp³-hybridized carbons (Fsp3) is 0.294. The first-order chi connectivity index (χ1) is 11.1. The smallest absolute Gasteiger partial charge is 0.272 e. The molecule has 3 aromatic rings. The second kappa shape index (κ2) is 5.22. The molecule has 0 spiro atoms. The SMILES string of the molecule is O=c1cc(CO)nc2cc(C3(c4ccccc4Cl)CCC3)[nH]n12. The monoisotopic (exact) mass is 329 g/mol. The molecule has 23 heavy (non-hydrogen) atoms. The summed E-state index contributed by atoms with van der Waals surface area (Å²) in [6, 6.07) is 11.1. The van der Waals surface area contributed by atoms with Crippen LogP contribution in [0.1, 0.15) is 36.2 Å². The van der Waals surface area contributed by atoms with E-state index in [0.717, 1.165) is 35.5 Å². The molecule has 0 bridgehead atoms. The van der Waals surface area contributed by atoms with E-state index in [0.29, 0.717) is 11.3 Å². The molecular formula is C17H16ClN3O2. The second-order valence-electron chi connectivity index (χ2n) is 6.02. The van der Waals surface area contributed by atoms with Crippen molar-refractivity contribution < 1.29 is 5.11 Å². The third-order valence-corrected chi connectivity index (χ3v) is 5.11. The summed E-state index contributed by atoms with van der Waals surface area (Å²) in [6.07, 6.45) is 3.07. The highest BCUT2D eigenvalue weighted by atomic mass is 35.5. The number of benzene rings is 1. The Balaban J connectivity index is 1.92. The number of fused-ring (bicyclic) bond motifs is 1. The van der Waals surface area contributed by atoms with E-state index >= 15 is 0 Å². The molecule has 1 fully saturated rings. The largest absolute Gasteiger partial charge is 0.390 e. The van der Waals surface area contributed by atoms with Gasteiger partial charge in [0, 0.05) is 28.3 Å². The predicted octanol–water partition coefficient (Wildman–Crippen LogP) is 2.64. The van der Waals surface area contributed by atoms with E-state index in [9.17, 15) is 9.90 Å². The summed E-state index contributed by atoms with van der Waals surface area (Å²) >= 11 is 6.42. The Bertz CT molecular complexity index is 940. The summed E-state index contributed by atoms with van der Waals surface area (Å²) < 4.78 is 1.42. The molecule has 0 aliphatic heterocycles. The molecule has 2 aromatic heterocycles. The minimum Gasteiger partial charge on any atom is -0.390 e. The third kappa shape index (κ3) is 2.11. The van der Waals surface area contributed by atoms with Gasteiger partial charge in [-0.2, -0.15) is 0 Å². The molecule has 0 atom stereocenters. The Labute approximate surface area is 137 Å². The molecular weight excluding hydrogens is 314 g/mol. The van der Waals surface area contributed by atoms with Crippen molar-refractivity contribution in [3.63, 3.8) is 0 Å². The minimum atomic E-state index is -0.248. The van der Waals surface area contributed by atoms with Crippen LogP contribution in [0, 0.1) is 0 Å². The zero-order valence-corrected chi connectivity index (χ0v) is 13.2. The first kappa shape index (κ1) is 14.5. The molecule has 0 radical (unpaired) electrons. The predicted molar refractivity (Wildman–Crippen MR) is 87.8 cm³/mol. The fourth-order valence-corrected chi connectivity index (χ4v) is 3.75. The van der Waals surface area contributed by atoms with Gasteiger partial charge in [-0.25, -0.2) is 9.50 Å². The molecule has 118 valence electrons. The van der Waals surface area contributed by atoms with E-state index < -0.39 is 0 Å². The van der Waals surface area contributed by atoms with Crippen LogP contribution in [0.4, 0.5) is 0 Å². The van der Waals surface area contributed by atoms with Gasteiger partial charge in [0.2, 0.25) is 0 Å². The summed E-state index contributed by atoms with van der Waals surface area (Å²) in [5.74, 6) is 0. The summed E-state index contributed by atoms with van der Waals surface area (Å²) in [4.78, 5) is 16.5. The van der Waals surface area contributed by atoms with Crippen LogP contribution in [-0.4, -0.2) is 19.7 Å². The van der Waals surface area contributed by atoms with Crippen molar-refractivity contribution in [2.24, 2.45) is 0 Å². The van der Waals surface area contributed by atoms with Crippen LogP contribution >= 0.6 is 11.6 Å². The fourth-order valence-electron chi connectivity index (χ4n) is 3.43. The quantitative estimate of drug-likeness (QED) is 0.776. The van der Waals surface area contributed by atoms with Gasteiger partial charge in [-0.3, -0.25) is 9.89 Å². The van der Waals surface area contributed by atoms with Gasteiger partial charge >= 0.3 is 0 Å². The summed E-state index contributed by atoms with van der Waals surface area (Å²) in [5.41, 5.74) is 2.50. The van der Waals surface area contributed by atoms with Crippen molar-refractivity contribution >= 4 is 17.2 Å². The number of hydrogen-bond donors (Lipinski definition) is 2. The van der Waals surface area contributed by atoms with Crippen LogP contribution in [0.15, 0.2) is 41.2 Å². The van der Waals surface area contributed by atoms with Crippen molar-refractivity contribution in [1.82, 2.24) is 14.6 Å². The number of H-pyrrole nitrogens is 1. The lowest BCUT2D eigenvalue weighted by atomic mass is 9.62. The molecule has 0 amide bonds. The van der Waals surface area contributed by atoms with E-state index in [1.807, 2.05) is 30.3 Å². The van der Waals surface area contributed by atoms with Crippen molar-refractivity contribution in [1.29, 1.82) is 0 Å². The van der Waals surface area contributed by atoms with E-state index in [1.165, 1.54) is 10.6 Å². The van der Waals surface area contributed by atoms with Gasteiger partial charge in [0.25, 0.3) is 5.56 Å². The maximum atomic E-state index is 12.2. The first-order valence-corrected chi connectivity index (χ1v) is 8.00. The number of aliphatic hydroxyl groups excluding tert-OH is 1. The van der Waals surface area contributed by atoms with E-state index in [-0.39, 0.29) is 17.6 Å². The van der Waals surface area contributed by atoms with E-state index in [1.54, 1.807) is 0 Å². The molecule has 0 saturated heterocycles. The molecule has 1 aliphatic carbocycles. The number of hydrogen-bond acceptors (Lipinski definition) is 3. The Morgan fingerprint density at radius 1 is 1.30 bits per heavy atom. The summed E-state index contributed by atoms with van der Waals surface area (Å²) in [5, 5.41) is 13.1. The highest BCUT2D eigenvalue weighted by Gasteiger charge is 2.43. The lowest BCUT2D eigenvalue weighted by Crippen LogP contribution is -2.36. The number of halogens is 1. The van der Waals surface area contributed by atoms with Crippen molar-refractivity contribution in [2.75, 3.05) is 0 Å². The molecule has 2 N–H and O–H groups in total. The second-order valence-corrected chi connectivity index (χ2v) is 6.43. The number of aliphatic hydroxyl groups is 1. The average molecular weight is 330 g/mol. The van der Waals surface area contributed by atoms with E-state index in [2.05, 4.69) is 10.1 Å². The molecule has 0 unspecified atom stereocenters. The maximum Gasteiger partial charge on any atom is 0.272 e. The average Bonchev–Trinajstić information content (AvgIpc) is 2.92. The number of rotatable bonds is 3. The van der Waals surface area contributed by atoms with Crippen LogP contribution < -0.4 is 5.56 Å². The van der Waals surface area contributed by atoms with Gasteiger partial charge in [-0.05, 0) is 24.5 Å². The normalized spacial score (nSPS) is 16.4. The zero-order valence-electron chi connectivity index (χ0n) is 12.4. The summed E-state index contributed by atoms with van der Waals surface area (Å²) in [6.45, 7) is -0.248. The number of aromatic amines is 1. The highest BCUT2D eigenvalue weighted by molar-refractivity contribution is 6.31. The number of nitrogens with one attached hydrogen (secondary N) is 1. The third-order valence-electron chi connectivity index (χ3n) is 4.78. The van der Waals surface area contributed by atoms with Gasteiger partial charge in [0.05, 0.1) is 12.3 Å². The van der Waals surface area contributed by atoms with E-state index in [4.69, 9.17) is 11.6 Å². The maximum absolute atomic E-state index is 12.2. The van der Waals surface area contributed by atoms with Gasteiger partial charge in [-0.1, -0.05) is 36.2 Å². The first-order valence-electron chi connectivity index (χ1n) is 7.62. The van der Waals surface area contributed by atoms with Gasteiger partial charge in [0.1, 0.15) is 0 Å². The molecule has 1 aliphatic rings. The molecule has 1 aromatic carbocycles. The lowest BCUT2D eigenvalue weighted by Gasteiger charge is -2.42. The van der Waals surface area contributed by atoms with Gasteiger partial charge in [-0.15, -0.1) is 0 Å². The number of nitrogens with zero attached hydrogens (tertiary/aromatic N) is 2. The Hall–Kier alpha value is -2.11. The van der Waals surface area contributed by atoms with Crippen LogP contribution in [0.5, 0.6) is 0 Å². The molecule has 6 heteroatoms. The van der Waals surface area contributed by atoms with Crippen molar-refractivity contribution in [3.05, 3.63) is 68.7 Å². The van der Waals surface area contributed by atoms with Gasteiger partial charge < -0.3 is 5.11 Å². The zero-order chi connectivity index (χ0) is 16.0. The van der Waals surface area contributed by atoms with Crippen molar-refractivity contribution in [3.8, 4) is 0 Å². The summed E-state index contributed by atoms with van der Waals surface area (Å²) in [7, 11) is 0. The Morgan fingerprint density at radius 3 is 2.74 bits per heavy atom. The number of aromatic nitrogens is 3. The van der Waals surface area contributed by atoms with Crippen LogP contribution in [0.2, 0.25) is 5.02 Å². The molecule has 4 rings (SSSR count). The molecule has 2 heterocycles.